The van der Waals surface area contributed by atoms with Gasteiger partial charge in [-0.2, -0.15) is 0 Å². The third-order valence-corrected chi connectivity index (χ3v) is 17.7. The Bertz CT molecular complexity index is 1610. The standard InChI is InChI=1S/C45H72O17/c1-19-8-13-45(55-18-19)20(2)30-27(62-45)15-26-24-7-6-22-14-23(9-11-43(22,4)25(24)10-12-44(26,30)5)57-42-39(61-40-36(53)34(51)31(48)21(3)56-40)38(33(50)29(17-47)59-42)60-41-37(54)35(52)32(49)28(16-46)58-41/h6,19-21,23-42,46-54H,7-18H2,1-5H3/t19-,20?,21-,23-,24+,25?,26?,27?,28+,29+,30?,31+,32+,33+,34+,35-,36+,37+,38-,39+,40-,41-,42+,43-,44-,45?/m0/s1. The maximum absolute atomic E-state index is 11.6. The second-order valence-electron chi connectivity index (χ2n) is 21.1. The van der Waals surface area contributed by atoms with E-state index < -0.39 is 117 Å². The minimum Gasteiger partial charge on any atom is -0.394 e. The van der Waals surface area contributed by atoms with E-state index in [4.69, 9.17) is 37.9 Å². The van der Waals surface area contributed by atoms with Crippen molar-refractivity contribution in [3.05, 3.63) is 11.6 Å². The molecule has 1 spiro atoms. The highest BCUT2D eigenvalue weighted by molar-refractivity contribution is 5.26. The first-order valence-corrected chi connectivity index (χ1v) is 23.4. The van der Waals surface area contributed by atoms with Crippen LogP contribution in [0, 0.1) is 46.3 Å². The largest absolute Gasteiger partial charge is 0.394 e. The number of fused-ring (bicyclic) bond motifs is 7. The average Bonchev–Trinajstić information content (AvgIpc) is 3.70. The van der Waals surface area contributed by atoms with Crippen molar-refractivity contribution in [2.45, 2.75) is 203 Å². The van der Waals surface area contributed by atoms with Crippen LogP contribution in [0.2, 0.25) is 0 Å². The van der Waals surface area contributed by atoms with E-state index in [9.17, 15) is 46.0 Å². The highest BCUT2D eigenvalue weighted by atomic mass is 16.8. The van der Waals surface area contributed by atoms with Crippen LogP contribution in [0.15, 0.2) is 11.6 Å². The van der Waals surface area contributed by atoms with Gasteiger partial charge in [0, 0.05) is 12.3 Å². The van der Waals surface area contributed by atoms with Crippen LogP contribution < -0.4 is 0 Å². The highest BCUT2D eigenvalue weighted by Gasteiger charge is 2.69. The lowest BCUT2D eigenvalue weighted by Crippen LogP contribution is -2.67. The van der Waals surface area contributed by atoms with Crippen LogP contribution in [0.4, 0.5) is 0 Å². The molecule has 5 heterocycles. The van der Waals surface area contributed by atoms with Gasteiger partial charge in [-0.25, -0.2) is 0 Å². The molecule has 62 heavy (non-hydrogen) atoms. The summed E-state index contributed by atoms with van der Waals surface area (Å²) in [6.45, 7) is 10.4. The predicted octanol–water partition coefficient (Wildman–Crippen LogP) is 0.214. The molecule has 5 aliphatic heterocycles. The van der Waals surface area contributed by atoms with Crippen molar-refractivity contribution in [3.8, 4) is 0 Å². The van der Waals surface area contributed by atoms with Crippen molar-refractivity contribution in [1.82, 2.24) is 0 Å². The second-order valence-corrected chi connectivity index (χ2v) is 21.1. The fourth-order valence-electron chi connectivity index (χ4n) is 14.0. The van der Waals surface area contributed by atoms with Gasteiger partial charge >= 0.3 is 0 Å². The van der Waals surface area contributed by atoms with Gasteiger partial charge in [-0.15, -0.1) is 0 Å². The number of ether oxygens (including phenoxy) is 8. The first kappa shape index (κ1) is 46.2. The van der Waals surface area contributed by atoms with Crippen LogP contribution >= 0.6 is 0 Å². The molecule has 0 amide bonds. The van der Waals surface area contributed by atoms with E-state index in [2.05, 4.69) is 33.8 Å². The van der Waals surface area contributed by atoms with Crippen LogP contribution in [0.3, 0.4) is 0 Å². The first-order chi connectivity index (χ1) is 29.4. The van der Waals surface area contributed by atoms with Gasteiger partial charge < -0.3 is 83.9 Å². The molecule has 6 unspecified atom stereocenters. The Balaban J connectivity index is 0.940. The molecule has 3 saturated carbocycles. The van der Waals surface area contributed by atoms with E-state index in [0.717, 1.165) is 51.6 Å². The molecule has 26 atom stereocenters. The van der Waals surface area contributed by atoms with E-state index in [-0.39, 0.29) is 16.9 Å². The van der Waals surface area contributed by atoms with Crippen LogP contribution in [0.5, 0.6) is 0 Å². The van der Waals surface area contributed by atoms with Gasteiger partial charge in [0.05, 0.1) is 38.1 Å². The monoisotopic (exact) mass is 884 g/mol. The van der Waals surface area contributed by atoms with Gasteiger partial charge in [-0.1, -0.05) is 39.3 Å². The summed E-state index contributed by atoms with van der Waals surface area (Å²) in [6, 6.07) is 0. The molecular formula is C45H72O17. The fraction of sp³-hybridized carbons (Fsp3) is 0.956. The van der Waals surface area contributed by atoms with Gasteiger partial charge in [0.1, 0.15) is 67.1 Å². The summed E-state index contributed by atoms with van der Waals surface area (Å²) in [5.74, 6) is 2.52. The van der Waals surface area contributed by atoms with Gasteiger partial charge in [0.15, 0.2) is 24.7 Å². The number of aliphatic hydroxyl groups is 9. The van der Waals surface area contributed by atoms with E-state index in [1.807, 2.05) is 0 Å². The number of aliphatic hydroxyl groups excluding tert-OH is 9. The molecule has 9 aliphatic rings. The topological polar surface area (TPSA) is 256 Å². The van der Waals surface area contributed by atoms with Crippen LogP contribution in [-0.2, 0) is 37.9 Å². The minimum atomic E-state index is -1.84. The molecule has 9 rings (SSSR count). The van der Waals surface area contributed by atoms with Gasteiger partial charge in [-0.3, -0.25) is 0 Å². The molecule has 4 aliphatic carbocycles. The third-order valence-electron chi connectivity index (χ3n) is 17.7. The lowest BCUT2D eigenvalue weighted by Gasteiger charge is -2.59. The van der Waals surface area contributed by atoms with Crippen LogP contribution in [0.25, 0.3) is 0 Å². The fourth-order valence-corrected chi connectivity index (χ4v) is 14.0. The maximum atomic E-state index is 11.6. The molecule has 0 aromatic heterocycles. The lowest BCUT2D eigenvalue weighted by atomic mass is 9.47. The number of hydrogen-bond donors (Lipinski definition) is 9. The summed E-state index contributed by atoms with van der Waals surface area (Å²) in [5.41, 5.74) is 1.45. The van der Waals surface area contributed by atoms with Crippen molar-refractivity contribution in [2.24, 2.45) is 46.3 Å². The highest BCUT2D eigenvalue weighted by Crippen LogP contribution is 2.70. The van der Waals surface area contributed by atoms with Gasteiger partial charge in [0.25, 0.3) is 0 Å². The van der Waals surface area contributed by atoms with Gasteiger partial charge in [-0.05, 0) is 98.7 Å². The van der Waals surface area contributed by atoms with Gasteiger partial charge in [0.2, 0.25) is 0 Å². The molecular weight excluding hydrogens is 812 g/mol. The molecule has 0 aromatic carbocycles. The van der Waals surface area contributed by atoms with E-state index in [1.54, 1.807) is 0 Å². The molecule has 17 nitrogen and oxygen atoms in total. The summed E-state index contributed by atoms with van der Waals surface area (Å²) in [5, 5.41) is 95.8. The van der Waals surface area contributed by atoms with Crippen molar-refractivity contribution in [3.63, 3.8) is 0 Å². The van der Waals surface area contributed by atoms with Crippen molar-refractivity contribution >= 4 is 0 Å². The Kier molecular flexibility index (Phi) is 12.9. The average molecular weight is 885 g/mol. The Hall–Kier alpha value is -0.940. The Morgan fingerprint density at radius 1 is 0.677 bits per heavy atom. The van der Waals surface area contributed by atoms with Crippen LogP contribution in [-0.4, -0.2) is 176 Å². The molecule has 0 radical (unpaired) electrons. The predicted molar refractivity (Wildman–Crippen MR) is 214 cm³/mol. The summed E-state index contributed by atoms with van der Waals surface area (Å²) in [7, 11) is 0. The zero-order chi connectivity index (χ0) is 44.2. The smallest absolute Gasteiger partial charge is 0.187 e. The normalized spacial score (nSPS) is 57.6. The quantitative estimate of drug-likeness (QED) is 0.148. The summed E-state index contributed by atoms with van der Waals surface area (Å²) < 4.78 is 50.3. The summed E-state index contributed by atoms with van der Waals surface area (Å²) in [4.78, 5) is 0. The first-order valence-electron chi connectivity index (χ1n) is 23.4. The zero-order valence-corrected chi connectivity index (χ0v) is 36.6. The molecule has 5 saturated heterocycles. The molecule has 9 N–H and O–H groups in total. The zero-order valence-electron chi connectivity index (χ0n) is 36.6. The summed E-state index contributed by atoms with van der Waals surface area (Å²) in [6.07, 6.45) is -12.4. The van der Waals surface area contributed by atoms with E-state index in [0.29, 0.717) is 48.3 Å². The number of hydrogen-bond acceptors (Lipinski definition) is 17. The third kappa shape index (κ3) is 7.49. The van der Waals surface area contributed by atoms with Crippen molar-refractivity contribution < 1.29 is 83.9 Å². The Labute approximate surface area is 363 Å². The second kappa shape index (κ2) is 17.3. The lowest BCUT2D eigenvalue weighted by molar-refractivity contribution is -0.394. The molecule has 17 heteroatoms. The van der Waals surface area contributed by atoms with Crippen molar-refractivity contribution in [1.29, 1.82) is 0 Å². The SMILES string of the molecule is CC1C2C(CC3[C@@H]4CC=C5C[C@@H](O[C@@H]6O[C@H](CO)[C@@H](O)[C@H](O[C@@H]7O[C@H](CO)[C@@H](O)[C@H](O)[C@H]7O)[C@H]6O[C@@H]6O[C@@H](C)[C@@H](O)[C@@H](O)[C@H]6O)CC[C@]5(C)C4CC[C@]23C)OC12CC[C@H](C)CO2. The van der Waals surface area contributed by atoms with Crippen molar-refractivity contribution in [2.75, 3.05) is 19.8 Å². The van der Waals surface area contributed by atoms with E-state index >= 15 is 0 Å². The Morgan fingerprint density at radius 2 is 1.34 bits per heavy atom. The Morgan fingerprint density at radius 3 is 2.03 bits per heavy atom. The summed E-state index contributed by atoms with van der Waals surface area (Å²) >= 11 is 0. The molecule has 0 aromatic rings. The minimum absolute atomic E-state index is 0.0484. The number of rotatable bonds is 8. The molecule has 8 fully saturated rings. The number of allylic oxidation sites excluding steroid dienone is 1. The van der Waals surface area contributed by atoms with E-state index in [1.165, 1.54) is 12.5 Å². The maximum Gasteiger partial charge on any atom is 0.187 e. The molecule has 0 bridgehead atoms. The molecule has 354 valence electrons. The van der Waals surface area contributed by atoms with Crippen LogP contribution in [0.1, 0.15) is 92.4 Å².